The predicted molar refractivity (Wildman–Crippen MR) is 49.0 cm³/mol. The van der Waals surface area contributed by atoms with Gasteiger partial charge in [-0.25, -0.2) is 0 Å². The van der Waals surface area contributed by atoms with E-state index in [1.807, 2.05) is 11.9 Å². The number of nitrogens with zero attached hydrogens (tertiary/aromatic N) is 1. The first-order valence-electron chi connectivity index (χ1n) is 4.61. The molecule has 1 aliphatic rings. The topological polar surface area (TPSA) is 77.8 Å². The van der Waals surface area contributed by atoms with Crippen LogP contribution in [0.4, 0.5) is 0 Å². The highest BCUT2D eigenvalue weighted by atomic mass is 16.4. The molecule has 1 fully saturated rings. The molecule has 0 radical (unpaired) electrons. The minimum atomic E-state index is -0.847. The van der Waals surface area contributed by atoms with Crippen LogP contribution in [0.5, 0.6) is 0 Å². The fraction of sp³-hybridized carbons (Fsp3) is 0.778. The van der Waals surface area contributed by atoms with Crippen LogP contribution in [-0.2, 0) is 9.59 Å². The molecule has 0 spiro atoms. The molecule has 5 nitrogen and oxygen atoms in total. The second-order valence-corrected chi connectivity index (χ2v) is 3.94. The van der Waals surface area contributed by atoms with Gasteiger partial charge in [0.05, 0.1) is 0 Å². The van der Waals surface area contributed by atoms with E-state index in [9.17, 15) is 9.59 Å². The fourth-order valence-electron chi connectivity index (χ4n) is 2.08. The van der Waals surface area contributed by atoms with E-state index in [2.05, 4.69) is 0 Å². The highest BCUT2D eigenvalue weighted by Gasteiger charge is 2.33. The van der Waals surface area contributed by atoms with Crippen LogP contribution in [0.15, 0.2) is 0 Å². The van der Waals surface area contributed by atoms with Crippen LogP contribution in [0.25, 0.3) is 0 Å². The number of hydrogen-bond donors (Lipinski definition) is 2. The lowest BCUT2D eigenvalue weighted by molar-refractivity contribution is -0.141. The molecular formula is C9H15NO4. The largest absolute Gasteiger partial charge is 0.481 e. The molecule has 2 unspecified atom stereocenters. The van der Waals surface area contributed by atoms with Crippen molar-refractivity contribution in [3.63, 3.8) is 0 Å². The summed E-state index contributed by atoms with van der Waals surface area (Å²) in [6, 6.07) is 0. The molecule has 1 aliphatic heterocycles. The minimum Gasteiger partial charge on any atom is -0.481 e. The van der Waals surface area contributed by atoms with Gasteiger partial charge in [-0.1, -0.05) is 0 Å². The minimum absolute atomic E-state index is 0.0198. The number of hydrogen-bond acceptors (Lipinski definition) is 3. The molecule has 80 valence electrons. The summed E-state index contributed by atoms with van der Waals surface area (Å²) in [5.74, 6) is -1.73. The third-order valence-electron chi connectivity index (χ3n) is 2.63. The van der Waals surface area contributed by atoms with E-state index in [1.54, 1.807) is 0 Å². The van der Waals surface area contributed by atoms with Crippen LogP contribution in [-0.4, -0.2) is 47.2 Å². The zero-order valence-electron chi connectivity index (χ0n) is 8.14. The Morgan fingerprint density at radius 2 is 1.50 bits per heavy atom. The Balaban J connectivity index is 2.53. The molecule has 5 heteroatoms. The van der Waals surface area contributed by atoms with E-state index < -0.39 is 11.9 Å². The van der Waals surface area contributed by atoms with Crippen LogP contribution in [0.1, 0.15) is 12.8 Å². The summed E-state index contributed by atoms with van der Waals surface area (Å²) >= 11 is 0. The Bertz CT molecular complexity index is 217. The highest BCUT2D eigenvalue weighted by Crippen LogP contribution is 2.27. The Morgan fingerprint density at radius 3 is 1.79 bits per heavy atom. The van der Waals surface area contributed by atoms with Crippen LogP contribution < -0.4 is 0 Å². The van der Waals surface area contributed by atoms with E-state index in [-0.39, 0.29) is 24.7 Å². The van der Waals surface area contributed by atoms with Crippen molar-refractivity contribution in [2.75, 3.05) is 20.1 Å². The van der Waals surface area contributed by atoms with Crippen LogP contribution >= 0.6 is 0 Å². The highest BCUT2D eigenvalue weighted by molar-refractivity contribution is 5.69. The third-order valence-corrected chi connectivity index (χ3v) is 2.63. The van der Waals surface area contributed by atoms with Gasteiger partial charge in [0.1, 0.15) is 0 Å². The smallest absolute Gasteiger partial charge is 0.303 e. The SMILES string of the molecule is CN1CC(CC(=O)O)C(CC(=O)O)C1. The molecule has 2 N–H and O–H groups in total. The summed E-state index contributed by atoms with van der Waals surface area (Å²) in [6.45, 7) is 1.37. The van der Waals surface area contributed by atoms with Crippen molar-refractivity contribution in [3.05, 3.63) is 0 Å². The molecule has 0 aromatic heterocycles. The van der Waals surface area contributed by atoms with E-state index in [0.29, 0.717) is 13.1 Å². The van der Waals surface area contributed by atoms with Crippen molar-refractivity contribution >= 4 is 11.9 Å². The molecular weight excluding hydrogens is 186 g/mol. The van der Waals surface area contributed by atoms with Crippen molar-refractivity contribution in [2.45, 2.75) is 12.8 Å². The average molecular weight is 201 g/mol. The first-order valence-corrected chi connectivity index (χ1v) is 4.61. The average Bonchev–Trinajstić information content (AvgIpc) is 2.28. The normalized spacial score (nSPS) is 27.8. The molecule has 14 heavy (non-hydrogen) atoms. The second kappa shape index (κ2) is 4.41. The van der Waals surface area contributed by atoms with Gasteiger partial charge >= 0.3 is 11.9 Å². The summed E-state index contributed by atoms with van der Waals surface area (Å²) in [7, 11) is 1.89. The maximum Gasteiger partial charge on any atom is 0.303 e. The number of carboxylic acids is 2. The van der Waals surface area contributed by atoms with E-state index >= 15 is 0 Å². The van der Waals surface area contributed by atoms with Gasteiger partial charge in [0.25, 0.3) is 0 Å². The van der Waals surface area contributed by atoms with Gasteiger partial charge in [-0.05, 0) is 18.9 Å². The van der Waals surface area contributed by atoms with E-state index in [1.165, 1.54) is 0 Å². The quantitative estimate of drug-likeness (QED) is 0.675. The van der Waals surface area contributed by atoms with Crippen LogP contribution in [0.2, 0.25) is 0 Å². The first-order chi connectivity index (χ1) is 6.49. The zero-order valence-corrected chi connectivity index (χ0v) is 8.14. The van der Waals surface area contributed by atoms with Gasteiger partial charge in [0.2, 0.25) is 0 Å². The summed E-state index contributed by atoms with van der Waals surface area (Å²) in [5, 5.41) is 17.3. The summed E-state index contributed by atoms with van der Waals surface area (Å²) in [4.78, 5) is 23.0. The number of likely N-dealkylation sites (tertiary alicyclic amines) is 1. The Kier molecular flexibility index (Phi) is 3.46. The van der Waals surface area contributed by atoms with Crippen LogP contribution in [0.3, 0.4) is 0 Å². The monoisotopic (exact) mass is 201 g/mol. The van der Waals surface area contributed by atoms with Gasteiger partial charge in [-0.2, -0.15) is 0 Å². The Labute approximate surface area is 82.3 Å². The summed E-state index contributed by atoms with van der Waals surface area (Å²) in [6.07, 6.45) is 0.143. The number of carbonyl (C=O) groups is 2. The van der Waals surface area contributed by atoms with Gasteiger partial charge in [-0.15, -0.1) is 0 Å². The molecule has 0 bridgehead atoms. The lowest BCUT2D eigenvalue weighted by atomic mass is 9.90. The van der Waals surface area contributed by atoms with E-state index in [0.717, 1.165) is 0 Å². The van der Waals surface area contributed by atoms with Gasteiger partial charge < -0.3 is 15.1 Å². The second-order valence-electron chi connectivity index (χ2n) is 3.94. The molecule has 0 amide bonds. The van der Waals surface area contributed by atoms with Gasteiger partial charge in [0.15, 0.2) is 0 Å². The fourth-order valence-corrected chi connectivity index (χ4v) is 2.08. The third kappa shape index (κ3) is 2.99. The Hall–Kier alpha value is -1.10. The predicted octanol–water partition coefficient (Wildman–Crippen LogP) is 0.114. The Morgan fingerprint density at radius 1 is 1.14 bits per heavy atom. The van der Waals surface area contributed by atoms with Gasteiger partial charge in [0, 0.05) is 25.9 Å². The number of rotatable bonds is 4. The zero-order chi connectivity index (χ0) is 10.7. The van der Waals surface area contributed by atoms with Crippen molar-refractivity contribution in [3.8, 4) is 0 Å². The van der Waals surface area contributed by atoms with Crippen molar-refractivity contribution in [1.82, 2.24) is 4.90 Å². The molecule has 0 aromatic rings. The summed E-state index contributed by atoms with van der Waals surface area (Å²) < 4.78 is 0. The maximum absolute atomic E-state index is 10.5. The van der Waals surface area contributed by atoms with Gasteiger partial charge in [-0.3, -0.25) is 9.59 Å². The molecule has 0 aromatic carbocycles. The number of carboxylic acid groups (broad SMARTS) is 2. The lowest BCUT2D eigenvalue weighted by Gasteiger charge is -2.13. The molecule has 1 saturated heterocycles. The molecule has 1 heterocycles. The number of aliphatic carboxylic acids is 2. The summed E-state index contributed by atoms with van der Waals surface area (Å²) in [5.41, 5.74) is 0. The van der Waals surface area contributed by atoms with E-state index in [4.69, 9.17) is 10.2 Å². The standard InChI is InChI=1S/C9H15NO4/c1-10-4-6(2-8(11)12)7(5-10)3-9(13)14/h6-7H,2-5H2,1H3,(H,11,12)(H,13,14). The van der Waals surface area contributed by atoms with Crippen LogP contribution in [0, 0.1) is 11.8 Å². The maximum atomic E-state index is 10.5. The molecule has 0 saturated carbocycles. The molecule has 1 rings (SSSR count). The van der Waals surface area contributed by atoms with Crippen molar-refractivity contribution in [2.24, 2.45) is 11.8 Å². The first kappa shape index (κ1) is 11.0. The van der Waals surface area contributed by atoms with Crippen molar-refractivity contribution < 1.29 is 19.8 Å². The van der Waals surface area contributed by atoms with Crippen molar-refractivity contribution in [1.29, 1.82) is 0 Å². The molecule has 0 aliphatic carbocycles. The molecule has 2 atom stereocenters. The lowest BCUT2D eigenvalue weighted by Crippen LogP contribution is -2.19.